The number of rotatable bonds is 1. The Bertz CT molecular complexity index is 612. The van der Waals surface area contributed by atoms with Crippen molar-refractivity contribution in [3.05, 3.63) is 41.9 Å². The van der Waals surface area contributed by atoms with Gasteiger partial charge in [0.05, 0.1) is 0 Å². The van der Waals surface area contributed by atoms with E-state index >= 15 is 0 Å². The Morgan fingerprint density at radius 2 is 2.22 bits per heavy atom. The third-order valence-electron chi connectivity index (χ3n) is 3.88. The van der Waals surface area contributed by atoms with Crippen LogP contribution < -0.4 is 0 Å². The number of aromatic amines is 1. The number of hydrogen-bond donors (Lipinski definition) is 1. The van der Waals surface area contributed by atoms with Crippen molar-refractivity contribution in [1.82, 2.24) is 9.88 Å². The maximum atomic E-state index is 13.2. The van der Waals surface area contributed by atoms with E-state index in [4.69, 9.17) is 0 Å². The molecule has 0 saturated heterocycles. The molecule has 0 radical (unpaired) electrons. The summed E-state index contributed by atoms with van der Waals surface area (Å²) in [5.74, 6) is -0.193. The van der Waals surface area contributed by atoms with Crippen LogP contribution in [0.4, 0.5) is 4.39 Å². The van der Waals surface area contributed by atoms with Gasteiger partial charge in [0.15, 0.2) is 0 Å². The minimum Gasteiger partial charge on any atom is -0.360 e. The highest BCUT2D eigenvalue weighted by molar-refractivity contribution is 5.92. The Kier molecular flexibility index (Phi) is 2.71. The molecule has 1 unspecified atom stereocenters. The summed E-state index contributed by atoms with van der Waals surface area (Å²) >= 11 is 0. The summed E-state index contributed by atoms with van der Waals surface area (Å²) in [5.41, 5.74) is 3.45. The Hall–Kier alpha value is -1.61. The number of aromatic nitrogens is 1. The van der Waals surface area contributed by atoms with E-state index in [0.29, 0.717) is 6.04 Å². The van der Waals surface area contributed by atoms with Gasteiger partial charge in [-0.05, 0) is 44.2 Å². The summed E-state index contributed by atoms with van der Waals surface area (Å²) in [6.45, 7) is 3.21. The maximum absolute atomic E-state index is 13.2. The Morgan fingerprint density at radius 1 is 1.39 bits per heavy atom. The number of likely N-dealkylation sites (N-methyl/N-ethyl adjacent to an activating group) is 1. The van der Waals surface area contributed by atoms with Crippen LogP contribution in [0.5, 0.6) is 0 Å². The molecule has 94 valence electrons. The van der Waals surface area contributed by atoms with Crippen molar-refractivity contribution in [3.63, 3.8) is 0 Å². The van der Waals surface area contributed by atoms with Crippen LogP contribution in [-0.2, 0) is 0 Å². The molecule has 2 aromatic rings. The zero-order chi connectivity index (χ0) is 12.7. The molecule has 1 N–H and O–H groups in total. The lowest BCUT2D eigenvalue weighted by Crippen LogP contribution is -2.32. The van der Waals surface area contributed by atoms with Gasteiger partial charge in [0.1, 0.15) is 5.82 Å². The van der Waals surface area contributed by atoms with E-state index in [1.165, 1.54) is 17.2 Å². The van der Waals surface area contributed by atoms with E-state index in [1.54, 1.807) is 6.07 Å². The normalized spacial score (nSPS) is 21.3. The fourth-order valence-corrected chi connectivity index (χ4v) is 2.58. The van der Waals surface area contributed by atoms with Crippen molar-refractivity contribution >= 4 is 16.5 Å². The summed E-state index contributed by atoms with van der Waals surface area (Å²) < 4.78 is 13.2. The molecule has 0 saturated carbocycles. The highest BCUT2D eigenvalue weighted by atomic mass is 19.1. The standard InChI is InChI=1S/C15H17FN2/c1-10-7-11(5-6-18(10)2)14-9-17-15-8-12(16)3-4-13(14)15/h3-5,8-10,17H,6-7H2,1-2H3. The smallest absolute Gasteiger partial charge is 0.125 e. The van der Waals surface area contributed by atoms with E-state index in [2.05, 4.69) is 29.9 Å². The number of fused-ring (bicyclic) bond motifs is 1. The average molecular weight is 244 g/mol. The van der Waals surface area contributed by atoms with Gasteiger partial charge in [-0.15, -0.1) is 0 Å². The quantitative estimate of drug-likeness (QED) is 0.814. The van der Waals surface area contributed by atoms with Crippen molar-refractivity contribution in [2.45, 2.75) is 19.4 Å². The van der Waals surface area contributed by atoms with E-state index in [-0.39, 0.29) is 5.82 Å². The second-order valence-electron chi connectivity index (χ2n) is 5.11. The number of nitrogens with zero attached hydrogens (tertiary/aromatic N) is 1. The number of H-pyrrole nitrogens is 1. The van der Waals surface area contributed by atoms with Crippen molar-refractivity contribution in [2.24, 2.45) is 0 Å². The maximum Gasteiger partial charge on any atom is 0.125 e. The number of benzene rings is 1. The lowest BCUT2D eigenvalue weighted by atomic mass is 9.95. The molecule has 1 aromatic heterocycles. The molecule has 3 rings (SSSR count). The van der Waals surface area contributed by atoms with E-state index < -0.39 is 0 Å². The first-order valence-electron chi connectivity index (χ1n) is 6.31. The van der Waals surface area contributed by atoms with E-state index in [9.17, 15) is 4.39 Å². The molecule has 18 heavy (non-hydrogen) atoms. The third kappa shape index (κ3) is 1.85. The molecule has 0 spiro atoms. The molecule has 0 aliphatic carbocycles. The van der Waals surface area contributed by atoms with Gasteiger partial charge >= 0.3 is 0 Å². The van der Waals surface area contributed by atoms with Crippen LogP contribution in [0.25, 0.3) is 16.5 Å². The Morgan fingerprint density at radius 3 is 3.00 bits per heavy atom. The van der Waals surface area contributed by atoms with Gasteiger partial charge in [-0.3, -0.25) is 4.90 Å². The predicted octanol–water partition coefficient (Wildman–Crippen LogP) is 3.41. The predicted molar refractivity (Wildman–Crippen MR) is 72.9 cm³/mol. The topological polar surface area (TPSA) is 19.0 Å². The minimum atomic E-state index is -0.193. The molecule has 0 bridgehead atoms. The first kappa shape index (κ1) is 11.5. The summed E-state index contributed by atoms with van der Waals surface area (Å²) in [4.78, 5) is 5.49. The van der Waals surface area contributed by atoms with Crippen LogP contribution in [0.2, 0.25) is 0 Å². The second kappa shape index (κ2) is 4.25. The van der Waals surface area contributed by atoms with Crippen molar-refractivity contribution in [3.8, 4) is 0 Å². The largest absolute Gasteiger partial charge is 0.360 e. The van der Waals surface area contributed by atoms with Crippen molar-refractivity contribution < 1.29 is 4.39 Å². The van der Waals surface area contributed by atoms with Crippen LogP contribution in [-0.4, -0.2) is 29.5 Å². The molecule has 1 atom stereocenters. The van der Waals surface area contributed by atoms with Crippen molar-refractivity contribution in [1.29, 1.82) is 0 Å². The zero-order valence-electron chi connectivity index (χ0n) is 10.7. The molecule has 3 heteroatoms. The molecule has 2 nitrogen and oxygen atoms in total. The van der Waals surface area contributed by atoms with Crippen LogP contribution in [0.15, 0.2) is 30.5 Å². The zero-order valence-corrected chi connectivity index (χ0v) is 10.7. The fraction of sp³-hybridized carbons (Fsp3) is 0.333. The average Bonchev–Trinajstić information content (AvgIpc) is 2.75. The van der Waals surface area contributed by atoms with Crippen LogP contribution in [0.3, 0.4) is 0 Å². The highest BCUT2D eigenvalue weighted by Gasteiger charge is 2.18. The molecule has 0 amide bonds. The highest BCUT2D eigenvalue weighted by Crippen LogP contribution is 2.31. The van der Waals surface area contributed by atoms with Gasteiger partial charge in [0, 0.05) is 35.2 Å². The van der Waals surface area contributed by atoms with Crippen LogP contribution in [0, 0.1) is 5.82 Å². The molecular formula is C15H17FN2. The molecular weight excluding hydrogens is 227 g/mol. The molecule has 2 heterocycles. The van der Waals surface area contributed by atoms with E-state index in [1.807, 2.05) is 12.3 Å². The molecule has 1 aliphatic rings. The molecule has 1 aliphatic heterocycles. The van der Waals surface area contributed by atoms with Gasteiger partial charge < -0.3 is 4.98 Å². The number of hydrogen-bond acceptors (Lipinski definition) is 1. The van der Waals surface area contributed by atoms with Gasteiger partial charge in [0.2, 0.25) is 0 Å². The summed E-state index contributed by atoms with van der Waals surface area (Å²) in [7, 11) is 2.14. The molecule has 0 fully saturated rings. The summed E-state index contributed by atoms with van der Waals surface area (Å²) in [5, 5.41) is 1.11. The number of nitrogens with one attached hydrogen (secondary N) is 1. The van der Waals surface area contributed by atoms with Gasteiger partial charge in [-0.2, -0.15) is 0 Å². The Labute approximate surface area is 106 Å². The lowest BCUT2D eigenvalue weighted by molar-refractivity contribution is 0.279. The van der Waals surface area contributed by atoms with Gasteiger partial charge in [0.25, 0.3) is 0 Å². The fourth-order valence-electron chi connectivity index (χ4n) is 2.58. The minimum absolute atomic E-state index is 0.193. The summed E-state index contributed by atoms with van der Waals surface area (Å²) in [6, 6.07) is 5.49. The van der Waals surface area contributed by atoms with E-state index in [0.717, 1.165) is 23.9 Å². The van der Waals surface area contributed by atoms with Crippen LogP contribution in [0.1, 0.15) is 18.9 Å². The van der Waals surface area contributed by atoms with Crippen molar-refractivity contribution in [2.75, 3.05) is 13.6 Å². The lowest BCUT2D eigenvalue weighted by Gasteiger charge is -2.29. The Balaban J connectivity index is 2.05. The first-order valence-corrected chi connectivity index (χ1v) is 6.31. The third-order valence-corrected chi connectivity index (χ3v) is 3.88. The summed E-state index contributed by atoms with van der Waals surface area (Å²) in [6.07, 6.45) is 5.31. The molecule has 1 aromatic carbocycles. The number of halogens is 1. The van der Waals surface area contributed by atoms with Gasteiger partial charge in [-0.1, -0.05) is 6.08 Å². The SMILES string of the molecule is CC1CC(c2c[nH]c3cc(F)ccc23)=CCN1C. The van der Waals surface area contributed by atoms with Crippen LogP contribution >= 0.6 is 0 Å². The van der Waals surface area contributed by atoms with Gasteiger partial charge in [-0.25, -0.2) is 4.39 Å². The second-order valence-corrected chi connectivity index (χ2v) is 5.11. The first-order chi connectivity index (χ1) is 8.65. The monoisotopic (exact) mass is 244 g/mol.